The number of carbonyl (C=O) groups is 1. The van der Waals surface area contributed by atoms with Crippen molar-refractivity contribution >= 4 is 11.9 Å². The third kappa shape index (κ3) is 2.04. The zero-order valence-corrected chi connectivity index (χ0v) is 7.88. The van der Waals surface area contributed by atoms with Gasteiger partial charge in [0.25, 0.3) is 0 Å². The highest BCUT2D eigenvalue weighted by molar-refractivity contribution is 6.04. The van der Waals surface area contributed by atoms with Crippen LogP contribution in [0.2, 0.25) is 0 Å². The first-order valence-corrected chi connectivity index (χ1v) is 4.47. The quantitative estimate of drug-likeness (QED) is 0.451. The second kappa shape index (κ2) is 3.96. The van der Waals surface area contributed by atoms with Gasteiger partial charge in [-0.1, -0.05) is 30.3 Å². The first kappa shape index (κ1) is 9.45. The molecule has 0 radical (unpaired) electrons. The molecule has 1 aliphatic rings. The fourth-order valence-electron chi connectivity index (χ4n) is 1.29. The molecule has 0 aromatic heterocycles. The summed E-state index contributed by atoms with van der Waals surface area (Å²) in [7, 11) is 0. The Balaban J connectivity index is 2.13. The Morgan fingerprint density at radius 3 is 2.67 bits per heavy atom. The molecule has 1 heterocycles. The molecule has 0 aliphatic carbocycles. The maximum absolute atomic E-state index is 11.0. The molecule has 0 saturated carbocycles. The number of esters is 1. The topological polar surface area (TPSA) is 58.9 Å². The molecule has 1 aliphatic heterocycles. The summed E-state index contributed by atoms with van der Waals surface area (Å²) in [6.45, 7) is 0. The number of rotatable bonds is 2. The van der Waals surface area contributed by atoms with Gasteiger partial charge in [-0.05, 0) is 5.56 Å². The summed E-state index contributed by atoms with van der Waals surface area (Å²) in [6.07, 6.45) is 1.10. The Labute approximate surface area is 86.5 Å². The van der Waals surface area contributed by atoms with Gasteiger partial charge >= 0.3 is 5.97 Å². The molecular formula is C11H9NO3. The number of cyclic esters (lactones) is 1. The fourth-order valence-corrected chi connectivity index (χ4v) is 1.29. The van der Waals surface area contributed by atoms with Crippen LogP contribution in [0.4, 0.5) is 0 Å². The number of carbonyl (C=O) groups excluding carboxylic acids is 1. The van der Waals surface area contributed by atoms with E-state index in [0.29, 0.717) is 18.6 Å². The zero-order valence-electron chi connectivity index (χ0n) is 7.88. The molecule has 0 spiro atoms. The minimum atomic E-state index is -0.608. The van der Waals surface area contributed by atoms with Gasteiger partial charge in [-0.25, -0.2) is 9.79 Å². The van der Waals surface area contributed by atoms with E-state index in [1.807, 2.05) is 30.3 Å². The Bertz CT molecular complexity index is 434. The molecule has 0 bridgehead atoms. The number of nitrogens with zero attached hydrogens (tertiary/aromatic N) is 1. The van der Waals surface area contributed by atoms with Crippen molar-refractivity contribution in [3.8, 4) is 0 Å². The van der Waals surface area contributed by atoms with E-state index in [2.05, 4.69) is 4.99 Å². The van der Waals surface area contributed by atoms with E-state index in [1.54, 1.807) is 0 Å². The lowest BCUT2D eigenvalue weighted by molar-refractivity contribution is -0.130. The lowest BCUT2D eigenvalue weighted by Gasteiger charge is -1.98. The van der Waals surface area contributed by atoms with Gasteiger partial charge in [-0.2, -0.15) is 0 Å². The Morgan fingerprint density at radius 2 is 2.07 bits per heavy atom. The first-order valence-electron chi connectivity index (χ1n) is 4.47. The number of benzene rings is 1. The van der Waals surface area contributed by atoms with Crippen LogP contribution in [0.1, 0.15) is 5.56 Å². The van der Waals surface area contributed by atoms with Gasteiger partial charge in [-0.3, -0.25) is 0 Å². The van der Waals surface area contributed by atoms with Gasteiger partial charge in [0.05, 0.1) is 0 Å². The summed E-state index contributed by atoms with van der Waals surface area (Å²) in [5.41, 5.74) is 0.948. The number of ether oxygens (including phenoxy) is 1. The monoisotopic (exact) mass is 203 g/mol. The van der Waals surface area contributed by atoms with E-state index >= 15 is 0 Å². The van der Waals surface area contributed by atoms with Crippen molar-refractivity contribution in [2.45, 2.75) is 6.42 Å². The van der Waals surface area contributed by atoms with Gasteiger partial charge in [-0.15, -0.1) is 0 Å². The van der Waals surface area contributed by atoms with Gasteiger partial charge in [0.15, 0.2) is 5.70 Å². The lowest BCUT2D eigenvalue weighted by Crippen LogP contribution is -2.06. The molecule has 0 amide bonds. The number of aliphatic hydroxyl groups is 1. The largest absolute Gasteiger partial charge is 0.513 e. The Hall–Kier alpha value is -2.10. The van der Waals surface area contributed by atoms with Crippen LogP contribution in [0.5, 0.6) is 0 Å². The number of aliphatic hydroxyl groups excluding tert-OH is 1. The molecule has 1 aromatic carbocycles. The fraction of sp³-hybridized carbons (Fsp3) is 0.0909. The van der Waals surface area contributed by atoms with E-state index in [1.165, 1.54) is 0 Å². The summed E-state index contributed by atoms with van der Waals surface area (Å²) >= 11 is 0. The molecule has 0 saturated heterocycles. The third-order valence-corrected chi connectivity index (χ3v) is 1.99. The summed E-state index contributed by atoms with van der Waals surface area (Å²) < 4.78 is 4.85. The van der Waals surface area contributed by atoms with Crippen LogP contribution >= 0.6 is 0 Å². The number of hydrogen-bond acceptors (Lipinski definition) is 4. The normalized spacial score (nSPS) is 17.7. The molecule has 0 unspecified atom stereocenters. The van der Waals surface area contributed by atoms with Gasteiger partial charge in [0.1, 0.15) is 6.26 Å². The minimum absolute atomic E-state index is 0.0547. The molecule has 76 valence electrons. The molecule has 1 N–H and O–H groups in total. The maximum Gasteiger partial charge on any atom is 0.366 e. The predicted molar refractivity (Wildman–Crippen MR) is 54.4 cm³/mol. The van der Waals surface area contributed by atoms with E-state index in [9.17, 15) is 4.79 Å². The van der Waals surface area contributed by atoms with Crippen molar-refractivity contribution in [1.29, 1.82) is 0 Å². The molecule has 15 heavy (non-hydrogen) atoms. The second-order valence-electron chi connectivity index (χ2n) is 3.07. The van der Waals surface area contributed by atoms with Crippen LogP contribution in [-0.2, 0) is 16.0 Å². The van der Waals surface area contributed by atoms with Gasteiger partial charge in [0.2, 0.25) is 5.90 Å². The highest BCUT2D eigenvalue weighted by Crippen LogP contribution is 2.13. The Kier molecular flexibility index (Phi) is 2.49. The summed E-state index contributed by atoms with van der Waals surface area (Å²) in [6, 6.07) is 9.53. The molecule has 1 aromatic rings. The lowest BCUT2D eigenvalue weighted by atomic mass is 10.1. The van der Waals surface area contributed by atoms with Crippen molar-refractivity contribution in [1.82, 2.24) is 0 Å². The van der Waals surface area contributed by atoms with Crippen molar-refractivity contribution in [2.24, 2.45) is 4.99 Å². The van der Waals surface area contributed by atoms with Crippen LogP contribution < -0.4 is 0 Å². The van der Waals surface area contributed by atoms with Crippen LogP contribution in [0, 0.1) is 0 Å². The van der Waals surface area contributed by atoms with Gasteiger partial charge in [0, 0.05) is 6.42 Å². The van der Waals surface area contributed by atoms with Crippen LogP contribution in [0.25, 0.3) is 0 Å². The SMILES string of the molecule is O=C1OC(Cc2ccccc2)=NC1=CO. The number of hydrogen-bond donors (Lipinski definition) is 1. The highest BCUT2D eigenvalue weighted by Gasteiger charge is 2.22. The molecule has 0 fully saturated rings. The smallest absolute Gasteiger partial charge is 0.366 e. The Morgan fingerprint density at radius 1 is 1.33 bits per heavy atom. The van der Waals surface area contributed by atoms with E-state index in [4.69, 9.17) is 9.84 Å². The zero-order chi connectivity index (χ0) is 10.7. The maximum atomic E-state index is 11.0. The summed E-state index contributed by atoms with van der Waals surface area (Å²) in [5, 5.41) is 8.65. The van der Waals surface area contributed by atoms with Crippen LogP contribution in [-0.4, -0.2) is 17.0 Å². The summed E-state index contributed by atoms with van der Waals surface area (Å²) in [5.74, 6) is -0.296. The molecular weight excluding hydrogens is 194 g/mol. The first-order chi connectivity index (χ1) is 7.29. The van der Waals surface area contributed by atoms with Crippen molar-refractivity contribution < 1.29 is 14.6 Å². The molecule has 2 rings (SSSR count). The van der Waals surface area contributed by atoms with Crippen molar-refractivity contribution in [2.75, 3.05) is 0 Å². The average molecular weight is 203 g/mol. The second-order valence-corrected chi connectivity index (χ2v) is 3.07. The van der Waals surface area contributed by atoms with Crippen molar-refractivity contribution in [3.05, 3.63) is 47.9 Å². The van der Waals surface area contributed by atoms with E-state index in [0.717, 1.165) is 5.56 Å². The third-order valence-electron chi connectivity index (χ3n) is 1.99. The molecule has 4 heteroatoms. The van der Waals surface area contributed by atoms with Crippen LogP contribution in [0.3, 0.4) is 0 Å². The molecule has 0 atom stereocenters. The van der Waals surface area contributed by atoms with Crippen LogP contribution in [0.15, 0.2) is 47.3 Å². The highest BCUT2D eigenvalue weighted by atomic mass is 16.6. The number of aliphatic imine (C=N–C) groups is 1. The van der Waals surface area contributed by atoms with E-state index < -0.39 is 5.97 Å². The van der Waals surface area contributed by atoms with Crippen molar-refractivity contribution in [3.63, 3.8) is 0 Å². The average Bonchev–Trinajstić information content (AvgIpc) is 2.60. The standard InChI is InChI=1S/C11H9NO3/c13-7-9-11(14)15-10(12-9)6-8-4-2-1-3-5-8/h1-5,7,13H,6H2. The summed E-state index contributed by atoms with van der Waals surface area (Å²) in [4.78, 5) is 14.9. The van der Waals surface area contributed by atoms with E-state index in [-0.39, 0.29) is 5.70 Å². The molecule has 4 nitrogen and oxygen atoms in total. The predicted octanol–water partition coefficient (Wildman–Crippen LogP) is 1.58. The van der Waals surface area contributed by atoms with Gasteiger partial charge < -0.3 is 9.84 Å². The minimum Gasteiger partial charge on any atom is -0.513 e.